The molecule has 96 valence electrons. The summed E-state index contributed by atoms with van der Waals surface area (Å²) in [4.78, 5) is 12.5. The van der Waals surface area contributed by atoms with Crippen molar-refractivity contribution in [1.82, 2.24) is 5.32 Å². The van der Waals surface area contributed by atoms with Crippen LogP contribution in [0.15, 0.2) is 34.4 Å². The number of rotatable bonds is 4. The summed E-state index contributed by atoms with van der Waals surface area (Å²) in [5.41, 5.74) is 2.96. The lowest BCUT2D eigenvalue weighted by molar-refractivity contribution is -0.116. The number of benzene rings is 1. The number of hydrogen-bond donors (Lipinski definition) is 1. The van der Waals surface area contributed by atoms with Crippen LogP contribution in [0.3, 0.4) is 0 Å². The summed E-state index contributed by atoms with van der Waals surface area (Å²) in [5.74, 6) is 0.450. The van der Waals surface area contributed by atoms with Crippen molar-refractivity contribution in [2.75, 3.05) is 7.05 Å². The van der Waals surface area contributed by atoms with Crippen molar-refractivity contribution in [3.8, 4) is 0 Å². The summed E-state index contributed by atoms with van der Waals surface area (Å²) < 4.78 is 1.01. The largest absolute Gasteiger partial charge is 0.391 e. The molecule has 1 aromatic carbocycles. The van der Waals surface area contributed by atoms with Crippen LogP contribution in [-0.2, 0) is 4.79 Å². The first-order chi connectivity index (χ1) is 8.67. The maximum Gasteiger partial charge on any atom is 0.168 e. The average molecular weight is 308 g/mol. The van der Waals surface area contributed by atoms with Gasteiger partial charge in [-0.25, -0.2) is 0 Å². The first-order valence-electron chi connectivity index (χ1n) is 6.38. The van der Waals surface area contributed by atoms with Gasteiger partial charge in [-0.15, -0.1) is 0 Å². The maximum absolute atomic E-state index is 12.5. The molecule has 0 amide bonds. The van der Waals surface area contributed by atoms with E-state index in [9.17, 15) is 4.79 Å². The van der Waals surface area contributed by atoms with E-state index in [0.717, 1.165) is 40.6 Å². The van der Waals surface area contributed by atoms with E-state index in [1.54, 1.807) is 0 Å². The van der Waals surface area contributed by atoms with Crippen molar-refractivity contribution in [1.29, 1.82) is 0 Å². The zero-order valence-corrected chi connectivity index (χ0v) is 12.4. The number of carbonyl (C=O) groups is 1. The molecule has 1 N–H and O–H groups in total. The van der Waals surface area contributed by atoms with Crippen LogP contribution in [0.1, 0.15) is 31.7 Å². The molecule has 1 aliphatic carbocycles. The molecule has 3 heteroatoms. The van der Waals surface area contributed by atoms with Crippen molar-refractivity contribution in [2.45, 2.75) is 26.2 Å². The van der Waals surface area contributed by atoms with Crippen LogP contribution in [0.4, 0.5) is 0 Å². The van der Waals surface area contributed by atoms with Gasteiger partial charge in [-0.2, -0.15) is 0 Å². The zero-order valence-electron chi connectivity index (χ0n) is 10.8. The normalized spacial score (nSPS) is 19.5. The Hall–Kier alpha value is -1.09. The summed E-state index contributed by atoms with van der Waals surface area (Å²) in [5, 5.41) is 3.19. The first kappa shape index (κ1) is 13.3. The topological polar surface area (TPSA) is 29.1 Å². The van der Waals surface area contributed by atoms with Crippen molar-refractivity contribution in [3.05, 3.63) is 40.0 Å². The number of carbonyl (C=O) groups excluding carboxylic acids is 1. The second-order valence-electron chi connectivity index (χ2n) is 4.67. The first-order valence-corrected chi connectivity index (χ1v) is 7.17. The summed E-state index contributed by atoms with van der Waals surface area (Å²) >= 11 is 3.46. The van der Waals surface area contributed by atoms with Crippen LogP contribution in [0.2, 0.25) is 0 Å². The molecule has 0 spiro atoms. The Kier molecular flexibility index (Phi) is 4.23. The molecule has 1 atom stereocenters. The van der Waals surface area contributed by atoms with Crippen molar-refractivity contribution in [3.63, 3.8) is 0 Å². The van der Waals surface area contributed by atoms with E-state index in [4.69, 9.17) is 0 Å². The molecule has 2 nitrogen and oxygen atoms in total. The van der Waals surface area contributed by atoms with Gasteiger partial charge in [-0.05, 0) is 30.5 Å². The van der Waals surface area contributed by atoms with Gasteiger partial charge >= 0.3 is 0 Å². The van der Waals surface area contributed by atoms with Crippen LogP contribution in [-0.4, -0.2) is 12.8 Å². The predicted octanol–water partition coefficient (Wildman–Crippen LogP) is 3.77. The molecule has 0 bridgehead atoms. The number of allylic oxidation sites excluding steroid dienone is 2. The molecular weight excluding hydrogens is 290 g/mol. The van der Waals surface area contributed by atoms with Crippen LogP contribution in [0.25, 0.3) is 5.57 Å². The summed E-state index contributed by atoms with van der Waals surface area (Å²) in [7, 11) is 1.90. The second kappa shape index (κ2) is 5.70. The molecule has 0 heterocycles. The molecule has 0 fully saturated rings. The van der Waals surface area contributed by atoms with Crippen LogP contribution in [0, 0.1) is 5.92 Å². The smallest absolute Gasteiger partial charge is 0.168 e. The fraction of sp³-hybridized carbons (Fsp3) is 0.400. The zero-order chi connectivity index (χ0) is 13.1. The SMILES string of the molecule is CCCC1CC(NC)=C(c2cccc(Br)c2)C1=O. The molecule has 0 saturated heterocycles. The summed E-state index contributed by atoms with van der Waals surface area (Å²) in [6.07, 6.45) is 2.88. The fourth-order valence-electron chi connectivity index (χ4n) is 2.56. The van der Waals surface area contributed by atoms with Gasteiger partial charge in [-0.3, -0.25) is 4.79 Å². The molecule has 1 aliphatic rings. The minimum atomic E-state index is 0.159. The maximum atomic E-state index is 12.5. The van der Waals surface area contributed by atoms with Gasteiger partial charge in [0.15, 0.2) is 5.78 Å². The third-order valence-electron chi connectivity index (χ3n) is 3.42. The Morgan fingerprint density at radius 1 is 1.44 bits per heavy atom. The molecule has 0 saturated carbocycles. The quantitative estimate of drug-likeness (QED) is 0.917. The number of Topliss-reactive ketones (excluding diaryl/α,β-unsaturated/α-hetero) is 1. The number of nitrogens with one attached hydrogen (secondary N) is 1. The predicted molar refractivity (Wildman–Crippen MR) is 78.1 cm³/mol. The van der Waals surface area contributed by atoms with Crippen molar-refractivity contribution in [2.24, 2.45) is 5.92 Å². The van der Waals surface area contributed by atoms with E-state index < -0.39 is 0 Å². The minimum Gasteiger partial charge on any atom is -0.391 e. The molecular formula is C15H18BrNO. The second-order valence-corrected chi connectivity index (χ2v) is 5.58. The third kappa shape index (κ3) is 2.51. The Morgan fingerprint density at radius 3 is 2.83 bits per heavy atom. The number of hydrogen-bond acceptors (Lipinski definition) is 2. The standard InChI is InChI=1S/C15H18BrNO/c1-3-5-11-9-13(17-2)14(15(11)18)10-6-4-7-12(16)8-10/h4,6-8,11,17H,3,5,9H2,1-2H3. The van der Waals surface area contributed by atoms with Gasteiger partial charge in [0, 0.05) is 28.7 Å². The Balaban J connectivity index is 2.37. The van der Waals surface area contributed by atoms with Gasteiger partial charge < -0.3 is 5.32 Å². The van der Waals surface area contributed by atoms with Crippen LogP contribution >= 0.6 is 15.9 Å². The molecule has 1 aromatic rings. The van der Waals surface area contributed by atoms with Gasteiger partial charge in [0.2, 0.25) is 0 Å². The van der Waals surface area contributed by atoms with Crippen LogP contribution in [0.5, 0.6) is 0 Å². The fourth-order valence-corrected chi connectivity index (χ4v) is 2.96. The van der Waals surface area contributed by atoms with E-state index in [-0.39, 0.29) is 5.92 Å². The Bertz CT molecular complexity index is 493. The molecule has 0 aliphatic heterocycles. The van der Waals surface area contributed by atoms with E-state index in [2.05, 4.69) is 28.2 Å². The Labute approximate surface area is 117 Å². The van der Waals surface area contributed by atoms with E-state index >= 15 is 0 Å². The number of ketones is 1. The van der Waals surface area contributed by atoms with Gasteiger partial charge in [0.05, 0.1) is 0 Å². The van der Waals surface area contributed by atoms with Crippen LogP contribution < -0.4 is 5.32 Å². The lowest BCUT2D eigenvalue weighted by Gasteiger charge is -2.07. The lowest BCUT2D eigenvalue weighted by Crippen LogP contribution is -2.09. The average Bonchev–Trinajstić information content (AvgIpc) is 2.67. The van der Waals surface area contributed by atoms with Crippen molar-refractivity contribution >= 4 is 27.3 Å². The molecule has 18 heavy (non-hydrogen) atoms. The van der Waals surface area contributed by atoms with Gasteiger partial charge in [0.25, 0.3) is 0 Å². The summed E-state index contributed by atoms with van der Waals surface area (Å²) in [6.45, 7) is 2.13. The summed E-state index contributed by atoms with van der Waals surface area (Å²) in [6, 6.07) is 7.97. The lowest BCUT2D eigenvalue weighted by atomic mass is 9.96. The monoisotopic (exact) mass is 307 g/mol. The highest BCUT2D eigenvalue weighted by Gasteiger charge is 2.32. The molecule has 2 rings (SSSR count). The van der Waals surface area contributed by atoms with E-state index in [1.807, 2.05) is 31.3 Å². The highest BCUT2D eigenvalue weighted by molar-refractivity contribution is 9.10. The van der Waals surface area contributed by atoms with Gasteiger partial charge in [-0.1, -0.05) is 41.4 Å². The number of halogens is 1. The Morgan fingerprint density at radius 2 is 2.22 bits per heavy atom. The molecule has 0 radical (unpaired) electrons. The molecule has 0 aromatic heterocycles. The minimum absolute atomic E-state index is 0.159. The molecule has 1 unspecified atom stereocenters. The van der Waals surface area contributed by atoms with Gasteiger partial charge in [0.1, 0.15) is 0 Å². The highest BCUT2D eigenvalue weighted by atomic mass is 79.9. The van der Waals surface area contributed by atoms with E-state index in [0.29, 0.717) is 5.78 Å². The highest BCUT2D eigenvalue weighted by Crippen LogP contribution is 2.36. The van der Waals surface area contributed by atoms with Crippen molar-refractivity contribution < 1.29 is 4.79 Å². The third-order valence-corrected chi connectivity index (χ3v) is 3.91. The van der Waals surface area contributed by atoms with E-state index in [1.165, 1.54) is 0 Å².